The topological polar surface area (TPSA) is 118 Å². The Morgan fingerprint density at radius 3 is 2.40 bits per heavy atom. The normalized spacial score (nSPS) is 17.7. The monoisotopic (exact) mass is 682 g/mol. The molecule has 3 N–H and O–H groups in total. The smallest absolute Gasteiger partial charge is 0.303 e. The van der Waals surface area contributed by atoms with Crippen molar-refractivity contribution in [1.29, 1.82) is 0 Å². The van der Waals surface area contributed by atoms with E-state index in [-0.39, 0.29) is 31.1 Å². The molecule has 3 atom stereocenters. The molecule has 6 rings (SSSR count). The van der Waals surface area contributed by atoms with Crippen LogP contribution in [0.15, 0.2) is 101 Å². The second kappa shape index (κ2) is 16.4. The first kappa shape index (κ1) is 33.8. The molecule has 0 saturated carbocycles. The molecule has 48 heavy (non-hydrogen) atoms. The van der Waals surface area contributed by atoms with Gasteiger partial charge in [-0.1, -0.05) is 90.6 Å². The molecule has 1 saturated heterocycles. The average molecular weight is 683 g/mol. The summed E-state index contributed by atoms with van der Waals surface area (Å²) in [6, 6.07) is 32.4. The van der Waals surface area contributed by atoms with Crippen molar-refractivity contribution in [3.8, 4) is 11.1 Å². The summed E-state index contributed by atoms with van der Waals surface area (Å²) < 4.78 is 15.3. The molecule has 5 aromatic rings. The number of fused-ring (bicyclic) bond motifs is 1. The lowest BCUT2D eigenvalue weighted by Gasteiger charge is -2.36. The van der Waals surface area contributed by atoms with Crippen molar-refractivity contribution < 1.29 is 29.3 Å². The van der Waals surface area contributed by atoms with Crippen LogP contribution < -0.4 is 5.32 Å². The van der Waals surface area contributed by atoms with Gasteiger partial charge in [0.05, 0.1) is 29.0 Å². The SMILES string of the molecule is O=C(O)CCCCC(=O)NCc1cccc(-c2ccc(C3OC(CSc4nc5ccccc5s4)CC(c4ccc(CO)cc4)O3)cc2)c1. The Bertz CT molecular complexity index is 1790. The number of carboxylic acids is 1. The third-order valence-electron chi connectivity index (χ3n) is 8.26. The molecule has 0 bridgehead atoms. The highest BCUT2D eigenvalue weighted by atomic mass is 32.2. The van der Waals surface area contributed by atoms with E-state index in [1.807, 2.05) is 72.8 Å². The Morgan fingerprint density at radius 2 is 1.62 bits per heavy atom. The molecule has 3 unspecified atom stereocenters. The first-order chi connectivity index (χ1) is 23.4. The molecule has 0 spiro atoms. The van der Waals surface area contributed by atoms with E-state index >= 15 is 0 Å². The Morgan fingerprint density at radius 1 is 0.854 bits per heavy atom. The number of unbranched alkanes of at least 4 members (excludes halogenated alkanes) is 1. The quantitative estimate of drug-likeness (QED) is 0.0796. The first-order valence-corrected chi connectivity index (χ1v) is 17.9. The summed E-state index contributed by atoms with van der Waals surface area (Å²) in [6.07, 6.45) is 1.37. The van der Waals surface area contributed by atoms with Crippen molar-refractivity contribution in [2.45, 2.75) is 68.1 Å². The zero-order valence-electron chi connectivity index (χ0n) is 26.4. The molecule has 0 radical (unpaired) electrons. The summed E-state index contributed by atoms with van der Waals surface area (Å²) in [5.41, 5.74) is 6.91. The van der Waals surface area contributed by atoms with Gasteiger partial charge in [-0.05, 0) is 58.9 Å². The maximum atomic E-state index is 12.2. The van der Waals surface area contributed by atoms with Gasteiger partial charge in [0.1, 0.15) is 0 Å². The predicted molar refractivity (Wildman–Crippen MR) is 189 cm³/mol. The number of hydrogen-bond donors (Lipinski definition) is 3. The number of aromatic nitrogens is 1. The lowest BCUT2D eigenvalue weighted by atomic mass is 9.99. The Labute approximate surface area is 288 Å². The largest absolute Gasteiger partial charge is 0.481 e. The van der Waals surface area contributed by atoms with E-state index in [9.17, 15) is 14.7 Å². The first-order valence-electron chi connectivity index (χ1n) is 16.1. The third kappa shape index (κ3) is 9.09. The summed E-state index contributed by atoms with van der Waals surface area (Å²) in [4.78, 5) is 27.7. The summed E-state index contributed by atoms with van der Waals surface area (Å²) in [5, 5.41) is 21.2. The fraction of sp³-hybridized carbons (Fsp3) is 0.289. The van der Waals surface area contributed by atoms with E-state index < -0.39 is 12.3 Å². The Balaban J connectivity index is 1.12. The molecule has 10 heteroatoms. The second-order valence-electron chi connectivity index (χ2n) is 11.8. The second-order valence-corrected chi connectivity index (χ2v) is 14.1. The van der Waals surface area contributed by atoms with E-state index in [1.165, 1.54) is 4.70 Å². The number of benzene rings is 4. The molecule has 1 fully saturated rings. The van der Waals surface area contributed by atoms with Crippen molar-refractivity contribution in [1.82, 2.24) is 10.3 Å². The maximum Gasteiger partial charge on any atom is 0.303 e. The fourth-order valence-electron chi connectivity index (χ4n) is 5.64. The zero-order valence-corrected chi connectivity index (χ0v) is 28.1. The van der Waals surface area contributed by atoms with Crippen LogP contribution in [0.5, 0.6) is 0 Å². The number of ether oxygens (including phenoxy) is 2. The van der Waals surface area contributed by atoms with Crippen molar-refractivity contribution in [2.75, 3.05) is 5.75 Å². The van der Waals surface area contributed by atoms with Gasteiger partial charge >= 0.3 is 5.97 Å². The number of aliphatic hydroxyl groups is 1. The van der Waals surface area contributed by atoms with Crippen LogP contribution in [0.3, 0.4) is 0 Å². The molecule has 1 amide bonds. The predicted octanol–water partition coefficient (Wildman–Crippen LogP) is 8.05. The van der Waals surface area contributed by atoms with Crippen molar-refractivity contribution in [3.05, 3.63) is 119 Å². The van der Waals surface area contributed by atoms with Crippen molar-refractivity contribution >= 4 is 45.2 Å². The van der Waals surface area contributed by atoms with Gasteiger partial charge in [-0.25, -0.2) is 4.98 Å². The van der Waals surface area contributed by atoms with Crippen LogP contribution in [-0.4, -0.2) is 38.9 Å². The molecule has 248 valence electrons. The van der Waals surface area contributed by atoms with E-state index in [1.54, 1.807) is 23.1 Å². The molecule has 1 aliphatic rings. The maximum absolute atomic E-state index is 12.2. The number of hydrogen-bond acceptors (Lipinski definition) is 8. The molecule has 1 aliphatic heterocycles. The standard InChI is InChI=1S/C38H38N2O6S2/c41-23-25-12-14-28(15-13-25)33-21-31(24-47-38-40-32-8-1-2-9-34(32)48-38)45-37(46-33)29-18-16-27(17-19-29)30-7-5-6-26(20-30)22-39-35(42)10-3-4-11-36(43)44/h1-2,5-9,12-20,31,33,37,41H,3-4,10-11,21-24H2,(H,39,42)(H,43,44). The minimum atomic E-state index is -0.840. The highest BCUT2D eigenvalue weighted by Crippen LogP contribution is 2.40. The molecule has 2 heterocycles. The number of thiazole rings is 1. The van der Waals surface area contributed by atoms with Crippen molar-refractivity contribution in [2.24, 2.45) is 0 Å². The average Bonchev–Trinajstić information content (AvgIpc) is 3.55. The summed E-state index contributed by atoms with van der Waals surface area (Å²) in [7, 11) is 0. The van der Waals surface area contributed by atoms with E-state index in [0.29, 0.717) is 32.2 Å². The lowest BCUT2D eigenvalue weighted by molar-refractivity contribution is -0.245. The third-order valence-corrected chi connectivity index (χ3v) is 10.6. The van der Waals surface area contributed by atoms with Crippen LogP contribution in [-0.2, 0) is 32.2 Å². The van der Waals surface area contributed by atoms with Gasteiger partial charge in [-0.15, -0.1) is 11.3 Å². The van der Waals surface area contributed by atoms with Gasteiger partial charge < -0.3 is 25.0 Å². The number of aliphatic hydroxyl groups excluding tert-OH is 1. The van der Waals surface area contributed by atoms with Gasteiger partial charge in [0.25, 0.3) is 0 Å². The van der Waals surface area contributed by atoms with Gasteiger partial charge in [-0.2, -0.15) is 0 Å². The lowest BCUT2D eigenvalue weighted by Crippen LogP contribution is -2.31. The molecular weight excluding hydrogens is 645 g/mol. The van der Waals surface area contributed by atoms with Crippen LogP contribution in [0.1, 0.15) is 66.8 Å². The van der Waals surface area contributed by atoms with E-state index in [0.717, 1.165) is 49.0 Å². The Kier molecular flexibility index (Phi) is 11.5. The summed E-state index contributed by atoms with van der Waals surface area (Å²) in [6.45, 7) is 0.406. The minimum absolute atomic E-state index is 0.000945. The van der Waals surface area contributed by atoms with Gasteiger partial charge in [0.2, 0.25) is 5.91 Å². The van der Waals surface area contributed by atoms with Crippen LogP contribution in [0.25, 0.3) is 21.3 Å². The van der Waals surface area contributed by atoms with E-state index in [2.05, 4.69) is 29.6 Å². The summed E-state index contributed by atoms with van der Waals surface area (Å²) in [5.74, 6) is -0.176. The van der Waals surface area contributed by atoms with Crippen LogP contribution in [0.4, 0.5) is 0 Å². The number of carbonyl (C=O) groups is 2. The van der Waals surface area contributed by atoms with Gasteiger partial charge in [0.15, 0.2) is 10.6 Å². The Hall–Kier alpha value is -4.06. The van der Waals surface area contributed by atoms with E-state index in [4.69, 9.17) is 19.6 Å². The highest BCUT2D eigenvalue weighted by molar-refractivity contribution is 8.01. The molecule has 0 aliphatic carbocycles. The molecular formula is C38H38N2O6S2. The van der Waals surface area contributed by atoms with Crippen LogP contribution in [0, 0.1) is 0 Å². The number of rotatable bonds is 14. The zero-order chi connectivity index (χ0) is 33.3. The highest BCUT2D eigenvalue weighted by Gasteiger charge is 2.32. The molecule has 1 aromatic heterocycles. The fourth-order valence-corrected chi connectivity index (χ4v) is 7.76. The number of para-hydroxylation sites is 1. The number of aliphatic carboxylic acids is 1. The van der Waals surface area contributed by atoms with Crippen LogP contribution in [0.2, 0.25) is 0 Å². The number of nitrogens with zero attached hydrogens (tertiary/aromatic N) is 1. The molecule has 8 nitrogen and oxygen atoms in total. The number of carboxylic acid groups (broad SMARTS) is 1. The number of carbonyl (C=O) groups excluding carboxylic acids is 1. The number of thioether (sulfide) groups is 1. The van der Waals surface area contributed by atoms with Crippen LogP contribution >= 0.6 is 23.1 Å². The van der Waals surface area contributed by atoms with Gasteiger partial charge in [0, 0.05) is 37.1 Å². The van der Waals surface area contributed by atoms with Gasteiger partial charge in [-0.3, -0.25) is 9.59 Å². The number of nitrogens with one attached hydrogen (secondary N) is 1. The summed E-state index contributed by atoms with van der Waals surface area (Å²) >= 11 is 3.41. The molecule has 4 aromatic carbocycles. The van der Waals surface area contributed by atoms with Crippen molar-refractivity contribution in [3.63, 3.8) is 0 Å². The number of amides is 1. The minimum Gasteiger partial charge on any atom is -0.481 e.